The highest BCUT2D eigenvalue weighted by Crippen LogP contribution is 2.53. The fourth-order valence-electron chi connectivity index (χ4n) is 3.11. The van der Waals surface area contributed by atoms with Crippen LogP contribution in [0.1, 0.15) is 83.1 Å². The van der Waals surface area contributed by atoms with Crippen LogP contribution in [0.2, 0.25) is 0 Å². The van der Waals surface area contributed by atoms with Crippen LogP contribution in [0.4, 0.5) is 9.59 Å². The van der Waals surface area contributed by atoms with Crippen LogP contribution >= 0.6 is 23.5 Å². The van der Waals surface area contributed by atoms with E-state index < -0.39 is 23.3 Å². The molecule has 0 aromatic carbocycles. The number of nitrogens with one attached hydrogen (secondary N) is 2. The van der Waals surface area contributed by atoms with Gasteiger partial charge >= 0.3 is 12.2 Å². The Bertz CT molecular complexity index is 587. The lowest BCUT2D eigenvalue weighted by atomic mass is 9.66. The summed E-state index contributed by atoms with van der Waals surface area (Å²) in [6, 6.07) is 0. The second-order valence-corrected chi connectivity index (χ2v) is 14.7. The summed E-state index contributed by atoms with van der Waals surface area (Å²) in [7, 11) is 2.77. The Morgan fingerprint density at radius 3 is 1.10 bits per heavy atom. The molecule has 6 nitrogen and oxygen atoms in total. The van der Waals surface area contributed by atoms with Gasteiger partial charge in [-0.1, -0.05) is 55.4 Å². The molecular weight excluding hydrogens is 432 g/mol. The standard InChI is InChI=1S/C23H46N2O4S2/c1-18(2,20(5,6)24-16(26)28-13)22(9,10)30-15-31-23(11,12)19(3,4)21(7,8)25-17(27)29-14/h15H2,1-14H3,(H,24,26)(H,25,27). The third-order valence-corrected chi connectivity index (χ3v) is 11.6. The van der Waals surface area contributed by atoms with Crippen LogP contribution in [0.5, 0.6) is 0 Å². The number of rotatable bonds is 10. The Morgan fingerprint density at radius 1 is 0.613 bits per heavy atom. The molecule has 0 aliphatic heterocycles. The lowest BCUT2D eigenvalue weighted by Gasteiger charge is -2.53. The first-order valence-electron chi connectivity index (χ1n) is 10.6. The van der Waals surface area contributed by atoms with Gasteiger partial charge in [0.1, 0.15) is 0 Å². The molecule has 0 aliphatic rings. The molecule has 0 heterocycles. The summed E-state index contributed by atoms with van der Waals surface area (Å²) in [6.45, 7) is 25.7. The maximum absolute atomic E-state index is 11.9. The third kappa shape index (κ3) is 6.62. The predicted molar refractivity (Wildman–Crippen MR) is 135 cm³/mol. The summed E-state index contributed by atoms with van der Waals surface area (Å²) in [6.07, 6.45) is -0.840. The summed E-state index contributed by atoms with van der Waals surface area (Å²) < 4.78 is 9.38. The molecule has 0 aliphatic carbocycles. The minimum Gasteiger partial charge on any atom is -0.453 e. The van der Waals surface area contributed by atoms with Gasteiger partial charge in [0.15, 0.2) is 0 Å². The van der Waals surface area contributed by atoms with Gasteiger partial charge in [-0.3, -0.25) is 0 Å². The van der Waals surface area contributed by atoms with Gasteiger partial charge < -0.3 is 20.1 Å². The Labute approximate surface area is 199 Å². The number of methoxy groups -OCH3 is 2. The highest BCUT2D eigenvalue weighted by Gasteiger charge is 2.51. The summed E-state index contributed by atoms with van der Waals surface area (Å²) in [5.74, 6) is 0. The van der Waals surface area contributed by atoms with Gasteiger partial charge in [-0.2, -0.15) is 0 Å². The maximum Gasteiger partial charge on any atom is 0.407 e. The first-order valence-corrected chi connectivity index (χ1v) is 12.6. The number of ether oxygens (including phenoxy) is 2. The fraction of sp³-hybridized carbons (Fsp3) is 0.913. The number of hydrogen-bond acceptors (Lipinski definition) is 6. The van der Waals surface area contributed by atoms with Crippen molar-refractivity contribution < 1.29 is 19.1 Å². The van der Waals surface area contributed by atoms with Crippen LogP contribution in [0, 0.1) is 10.8 Å². The molecule has 2 N–H and O–H groups in total. The van der Waals surface area contributed by atoms with E-state index in [1.165, 1.54) is 14.2 Å². The molecule has 8 heteroatoms. The Hall–Kier alpha value is -0.760. The molecule has 0 bridgehead atoms. The predicted octanol–water partition coefficient (Wildman–Crippen LogP) is 6.29. The highest BCUT2D eigenvalue weighted by molar-refractivity contribution is 8.17. The van der Waals surface area contributed by atoms with Crippen molar-refractivity contribution in [1.82, 2.24) is 10.6 Å². The largest absolute Gasteiger partial charge is 0.453 e. The van der Waals surface area contributed by atoms with E-state index in [-0.39, 0.29) is 20.3 Å². The van der Waals surface area contributed by atoms with E-state index >= 15 is 0 Å². The second kappa shape index (κ2) is 10.0. The Morgan fingerprint density at radius 2 is 0.871 bits per heavy atom. The Kier molecular flexibility index (Phi) is 9.77. The van der Waals surface area contributed by atoms with Crippen LogP contribution in [-0.2, 0) is 9.47 Å². The molecule has 0 fully saturated rings. The topological polar surface area (TPSA) is 76.7 Å². The van der Waals surface area contributed by atoms with E-state index in [0.717, 1.165) is 5.08 Å². The minimum atomic E-state index is -0.470. The number of thioether (sulfide) groups is 2. The van der Waals surface area contributed by atoms with Crippen molar-refractivity contribution in [3.63, 3.8) is 0 Å². The lowest BCUT2D eigenvalue weighted by Crippen LogP contribution is -2.61. The number of hydrogen-bond donors (Lipinski definition) is 2. The monoisotopic (exact) mass is 478 g/mol. The molecule has 2 amide bonds. The van der Waals surface area contributed by atoms with E-state index in [4.69, 9.17) is 9.47 Å². The van der Waals surface area contributed by atoms with Gasteiger partial charge in [0, 0.05) is 36.5 Å². The second-order valence-electron chi connectivity index (χ2n) is 11.2. The summed E-state index contributed by atoms with van der Waals surface area (Å²) in [4.78, 5) is 23.7. The van der Waals surface area contributed by atoms with Crippen molar-refractivity contribution in [2.45, 2.75) is 104 Å². The smallest absolute Gasteiger partial charge is 0.407 e. The Balaban J connectivity index is 5.40. The van der Waals surface area contributed by atoms with Crippen molar-refractivity contribution >= 4 is 35.7 Å². The van der Waals surface area contributed by atoms with Crippen molar-refractivity contribution in [3.05, 3.63) is 0 Å². The molecule has 0 saturated heterocycles. The van der Waals surface area contributed by atoms with Crippen LogP contribution in [-0.4, -0.2) is 52.1 Å². The van der Waals surface area contributed by atoms with Gasteiger partial charge in [-0.15, -0.1) is 23.5 Å². The normalized spacial score (nSPS) is 14.1. The zero-order valence-electron chi connectivity index (χ0n) is 22.2. The number of carbonyl (C=O) groups excluding carboxylic acids is 2. The molecule has 0 radical (unpaired) electrons. The van der Waals surface area contributed by atoms with E-state index in [2.05, 4.69) is 66.0 Å². The van der Waals surface area contributed by atoms with E-state index in [0.29, 0.717) is 0 Å². The van der Waals surface area contributed by atoms with Crippen molar-refractivity contribution in [2.75, 3.05) is 19.3 Å². The van der Waals surface area contributed by atoms with E-state index in [1.54, 1.807) is 0 Å². The number of alkyl carbamates (subject to hydrolysis) is 2. The fourth-order valence-corrected chi connectivity index (χ4v) is 6.94. The number of carbonyl (C=O) groups is 2. The van der Waals surface area contributed by atoms with Crippen LogP contribution in [0.3, 0.4) is 0 Å². The van der Waals surface area contributed by atoms with Crippen LogP contribution in [0.25, 0.3) is 0 Å². The molecule has 0 rings (SSSR count). The molecular formula is C23H46N2O4S2. The minimum absolute atomic E-state index is 0.134. The summed E-state index contributed by atoms with van der Waals surface area (Å²) in [5.41, 5.74) is -1.40. The molecule has 0 unspecified atom stereocenters. The maximum atomic E-state index is 11.9. The van der Waals surface area contributed by atoms with Gasteiger partial charge in [-0.25, -0.2) is 9.59 Å². The zero-order valence-corrected chi connectivity index (χ0v) is 23.8. The molecule has 0 aromatic heterocycles. The van der Waals surface area contributed by atoms with Gasteiger partial charge in [0.2, 0.25) is 0 Å². The SMILES string of the molecule is COC(=O)NC(C)(C)C(C)(C)C(C)(C)SCSC(C)(C)C(C)(C)C(C)(C)NC(=O)OC. The quantitative estimate of drug-likeness (QED) is 0.359. The van der Waals surface area contributed by atoms with Gasteiger partial charge in [0.25, 0.3) is 0 Å². The average molecular weight is 479 g/mol. The van der Waals surface area contributed by atoms with Crippen molar-refractivity contribution in [1.29, 1.82) is 0 Å². The summed E-state index contributed by atoms with van der Waals surface area (Å²) >= 11 is 3.76. The van der Waals surface area contributed by atoms with Crippen LogP contribution < -0.4 is 10.6 Å². The van der Waals surface area contributed by atoms with Crippen LogP contribution in [0.15, 0.2) is 0 Å². The van der Waals surface area contributed by atoms with Gasteiger partial charge in [-0.05, 0) is 27.7 Å². The lowest BCUT2D eigenvalue weighted by molar-refractivity contribution is 0.0983. The third-order valence-electron chi connectivity index (χ3n) is 8.17. The number of amides is 2. The highest BCUT2D eigenvalue weighted by atomic mass is 32.2. The van der Waals surface area contributed by atoms with E-state index in [9.17, 15) is 9.59 Å². The first-order chi connectivity index (χ1) is 13.6. The van der Waals surface area contributed by atoms with Gasteiger partial charge in [0.05, 0.1) is 14.2 Å². The average Bonchev–Trinajstić information content (AvgIpc) is 2.59. The zero-order chi connectivity index (χ0) is 25.1. The van der Waals surface area contributed by atoms with Crippen molar-refractivity contribution in [3.8, 4) is 0 Å². The molecule has 0 aromatic rings. The molecule has 0 atom stereocenters. The molecule has 0 saturated carbocycles. The first kappa shape index (κ1) is 30.2. The molecule has 31 heavy (non-hydrogen) atoms. The summed E-state index contributed by atoms with van der Waals surface area (Å²) in [5, 5.41) is 6.86. The van der Waals surface area contributed by atoms with E-state index in [1.807, 2.05) is 51.2 Å². The molecule has 0 spiro atoms. The molecule has 184 valence electrons. The van der Waals surface area contributed by atoms with Crippen molar-refractivity contribution in [2.24, 2.45) is 10.8 Å².